The number of hydrogen-bond donors (Lipinski definition) is 2. The van der Waals surface area contributed by atoms with Gasteiger partial charge in [0.15, 0.2) is 6.10 Å². The van der Waals surface area contributed by atoms with E-state index in [0.29, 0.717) is 11.8 Å². The molecule has 2 bridgehead atoms. The number of amides is 1. The molecule has 7 nitrogen and oxygen atoms in total. The second-order valence-electron chi connectivity index (χ2n) is 9.37. The van der Waals surface area contributed by atoms with Crippen LogP contribution in [0.3, 0.4) is 0 Å². The van der Waals surface area contributed by atoms with Gasteiger partial charge >= 0.3 is 5.97 Å². The van der Waals surface area contributed by atoms with Gasteiger partial charge in [0.25, 0.3) is 5.91 Å². The molecule has 6 atom stereocenters. The molecule has 2 saturated carbocycles. The molecule has 8 heteroatoms. The maximum atomic E-state index is 12.7. The summed E-state index contributed by atoms with van der Waals surface area (Å²) in [4.78, 5) is 25.4. The fourth-order valence-electron chi connectivity index (χ4n) is 4.95. The lowest BCUT2D eigenvalue weighted by molar-refractivity contribution is -0.157. The molecule has 3 rings (SSSR count). The summed E-state index contributed by atoms with van der Waals surface area (Å²) in [6.07, 6.45) is 3.93. The Morgan fingerprint density at radius 2 is 1.71 bits per heavy atom. The van der Waals surface area contributed by atoms with Crippen molar-refractivity contribution in [3.8, 4) is 0 Å². The monoisotopic (exact) mass is 450 g/mol. The normalized spacial score (nSPS) is 25.8. The number of sulfonamides is 1. The van der Waals surface area contributed by atoms with Crippen LogP contribution in [-0.4, -0.2) is 38.5 Å². The maximum absolute atomic E-state index is 12.7. The van der Waals surface area contributed by atoms with Gasteiger partial charge in [-0.3, -0.25) is 9.59 Å². The zero-order valence-electron chi connectivity index (χ0n) is 18.7. The van der Waals surface area contributed by atoms with E-state index in [9.17, 15) is 18.0 Å². The summed E-state index contributed by atoms with van der Waals surface area (Å²) in [5, 5.41) is 3.00. The predicted molar refractivity (Wildman–Crippen MR) is 117 cm³/mol. The van der Waals surface area contributed by atoms with Gasteiger partial charge in [-0.25, -0.2) is 8.42 Å². The van der Waals surface area contributed by atoms with Gasteiger partial charge in [0.05, 0.1) is 4.90 Å². The highest BCUT2D eigenvalue weighted by atomic mass is 32.2. The molecule has 2 N–H and O–H groups in total. The molecule has 0 heterocycles. The SMILES string of the molecule is CC(OC(=O)C(NS(=O)(=O)c1ccccc1)C(C)C)C(=O)NC(C)C1CC2CCC1C2. The summed E-state index contributed by atoms with van der Waals surface area (Å²) in [6, 6.07) is 6.79. The van der Waals surface area contributed by atoms with Crippen molar-refractivity contribution in [2.45, 2.75) is 76.5 Å². The van der Waals surface area contributed by atoms with Crippen LogP contribution in [0.2, 0.25) is 0 Å². The molecule has 0 radical (unpaired) electrons. The molecule has 2 aliphatic rings. The molecular formula is C23H34N2O5S. The van der Waals surface area contributed by atoms with E-state index in [1.165, 1.54) is 38.3 Å². The summed E-state index contributed by atoms with van der Waals surface area (Å²) in [6.45, 7) is 6.98. The molecule has 31 heavy (non-hydrogen) atoms. The van der Waals surface area contributed by atoms with Crippen molar-refractivity contribution in [1.82, 2.24) is 10.0 Å². The Labute approximate surface area is 185 Å². The molecule has 0 aliphatic heterocycles. The van der Waals surface area contributed by atoms with Crippen LogP contribution in [0.5, 0.6) is 0 Å². The number of rotatable bonds is 9. The van der Waals surface area contributed by atoms with Crippen LogP contribution in [0, 0.1) is 23.7 Å². The Bertz CT molecular complexity index is 886. The Morgan fingerprint density at radius 1 is 1.03 bits per heavy atom. The van der Waals surface area contributed by atoms with Crippen molar-refractivity contribution in [2.75, 3.05) is 0 Å². The standard InChI is InChI=1S/C23H34N2O5S/c1-14(2)21(25-31(28,29)19-8-6-5-7-9-19)23(27)30-16(4)22(26)24-15(3)20-13-17-10-11-18(20)12-17/h5-9,14-18,20-21,25H,10-13H2,1-4H3,(H,24,26). The van der Waals surface area contributed by atoms with Crippen LogP contribution in [0.1, 0.15) is 53.4 Å². The van der Waals surface area contributed by atoms with Crippen molar-refractivity contribution in [1.29, 1.82) is 0 Å². The summed E-state index contributed by atoms with van der Waals surface area (Å²) in [5.74, 6) is 0.479. The minimum atomic E-state index is -3.89. The largest absolute Gasteiger partial charge is 0.451 e. The molecule has 0 saturated heterocycles. The molecule has 2 fully saturated rings. The molecule has 1 aromatic rings. The Kier molecular flexibility index (Phi) is 7.42. The van der Waals surface area contributed by atoms with Crippen LogP contribution < -0.4 is 10.0 Å². The molecule has 0 aromatic heterocycles. The summed E-state index contributed by atoms with van der Waals surface area (Å²) < 4.78 is 33.0. The van der Waals surface area contributed by atoms with Gasteiger partial charge in [-0.05, 0) is 68.9 Å². The lowest BCUT2D eigenvalue weighted by Crippen LogP contribution is -2.49. The van der Waals surface area contributed by atoms with E-state index in [1.54, 1.807) is 32.0 Å². The summed E-state index contributed by atoms with van der Waals surface area (Å²) in [7, 11) is -3.89. The molecule has 172 valence electrons. The van der Waals surface area contributed by atoms with Crippen molar-refractivity contribution >= 4 is 21.9 Å². The Balaban J connectivity index is 1.57. The van der Waals surface area contributed by atoms with Gasteiger partial charge in [0, 0.05) is 6.04 Å². The van der Waals surface area contributed by atoms with E-state index in [-0.39, 0.29) is 22.8 Å². The molecular weight excluding hydrogens is 416 g/mol. The Morgan fingerprint density at radius 3 is 2.26 bits per heavy atom. The highest BCUT2D eigenvalue weighted by molar-refractivity contribution is 7.89. The first-order valence-corrected chi connectivity index (χ1v) is 12.6. The number of esters is 1. The van der Waals surface area contributed by atoms with Gasteiger partial charge in [0.1, 0.15) is 6.04 Å². The van der Waals surface area contributed by atoms with Gasteiger partial charge in [-0.2, -0.15) is 4.72 Å². The first-order chi connectivity index (χ1) is 14.6. The fourth-order valence-corrected chi connectivity index (χ4v) is 6.30. The van der Waals surface area contributed by atoms with E-state index in [2.05, 4.69) is 10.0 Å². The predicted octanol–water partition coefficient (Wildman–Crippen LogP) is 2.86. The molecule has 1 amide bonds. The highest BCUT2D eigenvalue weighted by Crippen LogP contribution is 2.49. The fraction of sp³-hybridized carbons (Fsp3) is 0.652. The molecule has 2 aliphatic carbocycles. The van der Waals surface area contributed by atoms with Gasteiger partial charge in [-0.15, -0.1) is 0 Å². The minimum absolute atomic E-state index is 0.0291. The first kappa shape index (κ1) is 23.7. The Hall–Kier alpha value is -1.93. The third kappa shape index (κ3) is 5.66. The number of fused-ring (bicyclic) bond motifs is 2. The van der Waals surface area contributed by atoms with E-state index < -0.39 is 28.1 Å². The van der Waals surface area contributed by atoms with Crippen molar-refractivity contribution < 1.29 is 22.7 Å². The van der Waals surface area contributed by atoms with E-state index in [4.69, 9.17) is 4.74 Å². The number of benzene rings is 1. The quantitative estimate of drug-likeness (QED) is 0.564. The summed E-state index contributed by atoms with van der Waals surface area (Å²) in [5.41, 5.74) is 0. The summed E-state index contributed by atoms with van der Waals surface area (Å²) >= 11 is 0. The van der Waals surface area contributed by atoms with Gasteiger partial charge in [-0.1, -0.05) is 38.5 Å². The molecule has 0 spiro atoms. The average Bonchev–Trinajstić information content (AvgIpc) is 3.36. The first-order valence-electron chi connectivity index (χ1n) is 11.2. The second-order valence-corrected chi connectivity index (χ2v) is 11.1. The van der Waals surface area contributed by atoms with Crippen molar-refractivity contribution in [2.24, 2.45) is 23.7 Å². The van der Waals surface area contributed by atoms with Crippen LogP contribution in [0.15, 0.2) is 35.2 Å². The van der Waals surface area contributed by atoms with Crippen LogP contribution in [-0.2, 0) is 24.3 Å². The maximum Gasteiger partial charge on any atom is 0.325 e. The third-order valence-electron chi connectivity index (χ3n) is 6.72. The second kappa shape index (κ2) is 9.69. The number of nitrogens with one attached hydrogen (secondary N) is 2. The zero-order valence-corrected chi connectivity index (χ0v) is 19.5. The van der Waals surface area contributed by atoms with Gasteiger partial charge < -0.3 is 10.1 Å². The lowest BCUT2D eigenvalue weighted by atomic mass is 9.84. The lowest BCUT2D eigenvalue weighted by Gasteiger charge is -2.29. The van der Waals surface area contributed by atoms with Crippen LogP contribution >= 0.6 is 0 Å². The highest BCUT2D eigenvalue weighted by Gasteiger charge is 2.42. The van der Waals surface area contributed by atoms with Crippen molar-refractivity contribution in [3.63, 3.8) is 0 Å². The van der Waals surface area contributed by atoms with E-state index >= 15 is 0 Å². The van der Waals surface area contributed by atoms with Gasteiger partial charge in [0.2, 0.25) is 10.0 Å². The zero-order chi connectivity index (χ0) is 22.8. The minimum Gasteiger partial charge on any atom is -0.451 e. The van der Waals surface area contributed by atoms with Crippen LogP contribution in [0.25, 0.3) is 0 Å². The number of carbonyl (C=O) groups is 2. The van der Waals surface area contributed by atoms with E-state index in [0.717, 1.165) is 12.3 Å². The third-order valence-corrected chi connectivity index (χ3v) is 8.18. The molecule has 6 unspecified atom stereocenters. The molecule has 1 aromatic carbocycles. The number of hydrogen-bond acceptors (Lipinski definition) is 5. The smallest absolute Gasteiger partial charge is 0.325 e. The van der Waals surface area contributed by atoms with E-state index in [1.807, 2.05) is 6.92 Å². The number of ether oxygens (including phenoxy) is 1. The average molecular weight is 451 g/mol. The van der Waals surface area contributed by atoms with Crippen molar-refractivity contribution in [3.05, 3.63) is 30.3 Å². The topological polar surface area (TPSA) is 102 Å². The van der Waals surface area contributed by atoms with Crippen LogP contribution in [0.4, 0.5) is 0 Å². The number of carbonyl (C=O) groups excluding carboxylic acids is 2.